The van der Waals surface area contributed by atoms with Crippen LogP contribution in [0, 0.1) is 11.8 Å². The highest BCUT2D eigenvalue weighted by Gasteiger charge is 2.45. The highest BCUT2D eigenvalue weighted by atomic mass is 32.1. The molecule has 4 heteroatoms. The smallest absolute Gasteiger partial charge is 0.185 e. The van der Waals surface area contributed by atoms with Gasteiger partial charge in [-0.15, -0.1) is 11.3 Å². The van der Waals surface area contributed by atoms with Gasteiger partial charge in [0.1, 0.15) is 0 Å². The molecule has 1 aromatic heterocycles. The molecule has 3 nitrogen and oxygen atoms in total. The summed E-state index contributed by atoms with van der Waals surface area (Å²) in [5.41, 5.74) is -0.564. The van der Waals surface area contributed by atoms with Gasteiger partial charge in [-0.3, -0.25) is 0 Å². The number of β-amino-alcohol motifs (C(OH)–C–C–N with tert-alkyl or cyclic N) is 1. The van der Waals surface area contributed by atoms with E-state index in [0.29, 0.717) is 12.5 Å². The van der Waals surface area contributed by atoms with E-state index < -0.39 is 5.60 Å². The normalized spacial score (nSPS) is 31.5. The van der Waals surface area contributed by atoms with Crippen LogP contribution in [0.4, 0.5) is 5.13 Å². The number of anilines is 1. The van der Waals surface area contributed by atoms with Crippen molar-refractivity contribution in [2.75, 3.05) is 18.0 Å². The molecule has 0 bridgehead atoms. The lowest BCUT2D eigenvalue weighted by Gasteiger charge is -2.30. The van der Waals surface area contributed by atoms with Gasteiger partial charge in [0.15, 0.2) is 5.13 Å². The second-order valence-corrected chi connectivity index (χ2v) is 5.62. The summed E-state index contributed by atoms with van der Waals surface area (Å²) < 4.78 is 0. The van der Waals surface area contributed by atoms with Crippen molar-refractivity contribution in [2.45, 2.75) is 26.4 Å². The second-order valence-electron chi connectivity index (χ2n) is 4.74. The van der Waals surface area contributed by atoms with Crippen LogP contribution in [0.5, 0.6) is 0 Å². The second kappa shape index (κ2) is 3.76. The third-order valence-corrected chi connectivity index (χ3v) is 4.31. The van der Waals surface area contributed by atoms with E-state index in [0.717, 1.165) is 11.7 Å². The van der Waals surface area contributed by atoms with E-state index in [4.69, 9.17) is 0 Å². The maximum Gasteiger partial charge on any atom is 0.185 e. The molecule has 0 amide bonds. The SMILES string of the molecule is CC(C)C1(O)CN(c2nccs2)CC1C. The fraction of sp³-hybridized carbons (Fsp3) is 0.727. The third kappa shape index (κ3) is 1.76. The first-order valence-electron chi connectivity index (χ1n) is 5.41. The predicted octanol–water partition coefficient (Wildman–Crippen LogP) is 1.99. The summed E-state index contributed by atoms with van der Waals surface area (Å²) in [4.78, 5) is 6.48. The van der Waals surface area contributed by atoms with Crippen LogP contribution in [-0.4, -0.2) is 28.8 Å². The maximum absolute atomic E-state index is 10.5. The van der Waals surface area contributed by atoms with Crippen molar-refractivity contribution in [3.63, 3.8) is 0 Å². The molecule has 2 unspecified atom stereocenters. The quantitative estimate of drug-likeness (QED) is 0.838. The van der Waals surface area contributed by atoms with Gasteiger partial charge in [-0.2, -0.15) is 0 Å². The summed E-state index contributed by atoms with van der Waals surface area (Å²) in [6.07, 6.45) is 1.82. The first kappa shape index (κ1) is 10.9. The molecule has 1 aromatic rings. The summed E-state index contributed by atoms with van der Waals surface area (Å²) in [5, 5.41) is 13.5. The minimum absolute atomic E-state index is 0.289. The van der Waals surface area contributed by atoms with Crippen LogP contribution in [-0.2, 0) is 0 Å². The van der Waals surface area contributed by atoms with E-state index in [1.165, 1.54) is 0 Å². The average molecular weight is 226 g/mol. The summed E-state index contributed by atoms with van der Waals surface area (Å²) >= 11 is 1.64. The molecule has 84 valence electrons. The number of nitrogens with zero attached hydrogens (tertiary/aromatic N) is 2. The van der Waals surface area contributed by atoms with E-state index in [1.54, 1.807) is 11.3 Å². The summed E-state index contributed by atoms with van der Waals surface area (Å²) in [7, 11) is 0. The van der Waals surface area contributed by atoms with Crippen molar-refractivity contribution >= 4 is 16.5 Å². The molecule has 0 aromatic carbocycles. The Hall–Kier alpha value is -0.610. The Kier molecular flexibility index (Phi) is 2.73. The van der Waals surface area contributed by atoms with E-state index in [2.05, 4.69) is 30.7 Å². The van der Waals surface area contributed by atoms with Crippen LogP contribution >= 0.6 is 11.3 Å². The van der Waals surface area contributed by atoms with E-state index >= 15 is 0 Å². The Morgan fingerprint density at radius 2 is 2.40 bits per heavy atom. The Labute approximate surface area is 94.8 Å². The number of hydrogen-bond donors (Lipinski definition) is 1. The van der Waals surface area contributed by atoms with Gasteiger partial charge >= 0.3 is 0 Å². The number of thiazole rings is 1. The molecule has 0 radical (unpaired) electrons. The van der Waals surface area contributed by atoms with E-state index in [9.17, 15) is 5.11 Å². The molecule has 1 aliphatic heterocycles. The van der Waals surface area contributed by atoms with Crippen LogP contribution in [0.25, 0.3) is 0 Å². The van der Waals surface area contributed by atoms with Crippen molar-refractivity contribution in [3.05, 3.63) is 11.6 Å². The topological polar surface area (TPSA) is 36.4 Å². The first-order chi connectivity index (χ1) is 7.04. The monoisotopic (exact) mass is 226 g/mol. The lowest BCUT2D eigenvalue weighted by Crippen LogP contribution is -2.42. The van der Waals surface area contributed by atoms with Gasteiger partial charge in [0.2, 0.25) is 0 Å². The fourth-order valence-electron chi connectivity index (χ4n) is 2.28. The largest absolute Gasteiger partial charge is 0.387 e. The molecular weight excluding hydrogens is 208 g/mol. The van der Waals surface area contributed by atoms with Gasteiger partial charge in [-0.1, -0.05) is 20.8 Å². The van der Waals surface area contributed by atoms with Crippen LogP contribution in [0.3, 0.4) is 0 Å². The maximum atomic E-state index is 10.5. The molecule has 0 saturated carbocycles. The van der Waals surface area contributed by atoms with Gasteiger partial charge < -0.3 is 10.0 Å². The molecule has 2 rings (SSSR count). The molecule has 1 aliphatic rings. The van der Waals surface area contributed by atoms with Crippen molar-refractivity contribution in [3.8, 4) is 0 Å². The number of aliphatic hydroxyl groups is 1. The molecule has 1 saturated heterocycles. The fourth-order valence-corrected chi connectivity index (χ4v) is 2.94. The average Bonchev–Trinajstić information content (AvgIpc) is 2.75. The van der Waals surface area contributed by atoms with Crippen molar-refractivity contribution in [1.82, 2.24) is 4.98 Å². The highest BCUT2D eigenvalue weighted by Crippen LogP contribution is 2.36. The molecule has 0 spiro atoms. The minimum atomic E-state index is -0.564. The third-order valence-electron chi connectivity index (χ3n) is 3.48. The zero-order chi connectivity index (χ0) is 11.1. The van der Waals surface area contributed by atoms with Gasteiger partial charge in [0.25, 0.3) is 0 Å². The highest BCUT2D eigenvalue weighted by molar-refractivity contribution is 7.13. The molecule has 15 heavy (non-hydrogen) atoms. The number of aromatic nitrogens is 1. The summed E-state index contributed by atoms with van der Waals surface area (Å²) in [5.74, 6) is 0.596. The molecule has 1 fully saturated rings. The predicted molar refractivity (Wildman–Crippen MR) is 63.3 cm³/mol. The Bertz CT molecular complexity index is 325. The van der Waals surface area contributed by atoms with Crippen molar-refractivity contribution < 1.29 is 5.11 Å². The van der Waals surface area contributed by atoms with Crippen LogP contribution in [0.1, 0.15) is 20.8 Å². The van der Waals surface area contributed by atoms with Crippen LogP contribution in [0.2, 0.25) is 0 Å². The number of hydrogen-bond acceptors (Lipinski definition) is 4. The van der Waals surface area contributed by atoms with Gasteiger partial charge in [-0.25, -0.2) is 4.98 Å². The van der Waals surface area contributed by atoms with Gasteiger partial charge in [0, 0.05) is 30.6 Å². The van der Waals surface area contributed by atoms with Crippen LogP contribution in [0.15, 0.2) is 11.6 Å². The standard InChI is InChI=1S/C11H18N2OS/c1-8(2)11(14)7-13(6-9(11)3)10-12-4-5-15-10/h4-5,8-9,14H,6-7H2,1-3H3. The summed E-state index contributed by atoms with van der Waals surface area (Å²) in [6.45, 7) is 7.90. The Morgan fingerprint density at radius 1 is 1.67 bits per heavy atom. The molecule has 2 heterocycles. The lowest BCUT2D eigenvalue weighted by atomic mass is 9.82. The Morgan fingerprint density at radius 3 is 2.87 bits per heavy atom. The van der Waals surface area contributed by atoms with E-state index in [-0.39, 0.29) is 5.92 Å². The van der Waals surface area contributed by atoms with Crippen molar-refractivity contribution in [2.24, 2.45) is 11.8 Å². The Balaban J connectivity index is 2.17. The molecule has 2 atom stereocenters. The van der Waals surface area contributed by atoms with Gasteiger partial charge in [-0.05, 0) is 5.92 Å². The molecule has 1 N–H and O–H groups in total. The first-order valence-corrected chi connectivity index (χ1v) is 6.29. The van der Waals surface area contributed by atoms with E-state index in [1.807, 2.05) is 11.6 Å². The molecular formula is C11H18N2OS. The number of rotatable bonds is 2. The van der Waals surface area contributed by atoms with Gasteiger partial charge in [0.05, 0.1) is 5.60 Å². The summed E-state index contributed by atoms with van der Waals surface area (Å²) in [6, 6.07) is 0. The minimum Gasteiger partial charge on any atom is -0.387 e. The zero-order valence-electron chi connectivity index (χ0n) is 9.47. The zero-order valence-corrected chi connectivity index (χ0v) is 10.3. The molecule has 0 aliphatic carbocycles. The lowest BCUT2D eigenvalue weighted by molar-refractivity contribution is -0.0186. The van der Waals surface area contributed by atoms with Crippen molar-refractivity contribution in [1.29, 1.82) is 0 Å². The van der Waals surface area contributed by atoms with Crippen LogP contribution < -0.4 is 4.90 Å².